The Kier molecular flexibility index (Phi) is 3.99. The van der Waals surface area contributed by atoms with Gasteiger partial charge in [0.05, 0.1) is 18.0 Å². The predicted octanol–water partition coefficient (Wildman–Crippen LogP) is 3.48. The van der Waals surface area contributed by atoms with E-state index in [1.807, 2.05) is 50.2 Å². The van der Waals surface area contributed by atoms with Crippen LogP contribution in [0.5, 0.6) is 5.75 Å². The molecule has 1 aromatic carbocycles. The maximum Gasteiger partial charge on any atom is 0.140 e. The summed E-state index contributed by atoms with van der Waals surface area (Å²) >= 11 is 0. The lowest BCUT2D eigenvalue weighted by atomic mass is 10.2. The standard InChI is InChI=1S/C15H15N3O/c1-11(2)19-15-7-5-12(6-8-15)18-14-4-3-13(9-16)17-10-14/h3-8,10-11,18H,1-2H3. The molecule has 4 nitrogen and oxygen atoms in total. The normalized spacial score (nSPS) is 10.0. The van der Waals surface area contributed by atoms with Gasteiger partial charge in [0.15, 0.2) is 0 Å². The molecule has 1 N–H and O–H groups in total. The fourth-order valence-electron chi connectivity index (χ4n) is 1.59. The van der Waals surface area contributed by atoms with Crippen molar-refractivity contribution in [1.82, 2.24) is 4.98 Å². The van der Waals surface area contributed by atoms with Crippen LogP contribution in [-0.4, -0.2) is 11.1 Å². The fraction of sp³-hybridized carbons (Fsp3) is 0.200. The Morgan fingerprint density at radius 2 is 1.79 bits per heavy atom. The Hall–Kier alpha value is -2.54. The molecule has 0 spiro atoms. The summed E-state index contributed by atoms with van der Waals surface area (Å²) in [6, 6.07) is 13.2. The van der Waals surface area contributed by atoms with Crippen LogP contribution in [0.2, 0.25) is 0 Å². The summed E-state index contributed by atoms with van der Waals surface area (Å²) in [4.78, 5) is 4.00. The average molecular weight is 253 g/mol. The summed E-state index contributed by atoms with van der Waals surface area (Å²) in [6.45, 7) is 3.99. The lowest BCUT2D eigenvalue weighted by Gasteiger charge is -2.11. The molecule has 19 heavy (non-hydrogen) atoms. The van der Waals surface area contributed by atoms with Crippen LogP contribution in [0.1, 0.15) is 19.5 Å². The van der Waals surface area contributed by atoms with Crippen LogP contribution >= 0.6 is 0 Å². The second kappa shape index (κ2) is 5.87. The third-order valence-corrected chi connectivity index (χ3v) is 2.39. The van der Waals surface area contributed by atoms with Crippen LogP contribution in [0, 0.1) is 11.3 Å². The molecule has 1 aromatic heterocycles. The number of aromatic nitrogens is 1. The third-order valence-electron chi connectivity index (χ3n) is 2.39. The zero-order valence-electron chi connectivity index (χ0n) is 10.9. The molecule has 0 aliphatic rings. The van der Waals surface area contributed by atoms with Crippen LogP contribution in [0.4, 0.5) is 11.4 Å². The van der Waals surface area contributed by atoms with Crippen molar-refractivity contribution in [2.24, 2.45) is 0 Å². The summed E-state index contributed by atoms with van der Waals surface area (Å²) < 4.78 is 5.57. The van der Waals surface area contributed by atoms with Crippen molar-refractivity contribution in [3.8, 4) is 11.8 Å². The molecule has 2 rings (SSSR count). The van der Waals surface area contributed by atoms with Gasteiger partial charge in [0.2, 0.25) is 0 Å². The number of benzene rings is 1. The SMILES string of the molecule is CC(C)Oc1ccc(Nc2ccc(C#N)nc2)cc1. The van der Waals surface area contributed by atoms with Gasteiger partial charge in [-0.3, -0.25) is 0 Å². The zero-order valence-corrected chi connectivity index (χ0v) is 10.9. The molecule has 0 radical (unpaired) electrons. The second-order valence-electron chi connectivity index (χ2n) is 4.36. The molecule has 1 heterocycles. The quantitative estimate of drug-likeness (QED) is 0.906. The highest BCUT2D eigenvalue weighted by Gasteiger charge is 1.99. The zero-order chi connectivity index (χ0) is 13.7. The Morgan fingerprint density at radius 1 is 1.11 bits per heavy atom. The average Bonchev–Trinajstić information content (AvgIpc) is 2.41. The number of nitrogens with zero attached hydrogens (tertiary/aromatic N) is 2. The van der Waals surface area contributed by atoms with Gasteiger partial charge in [0.1, 0.15) is 17.5 Å². The highest BCUT2D eigenvalue weighted by atomic mass is 16.5. The minimum Gasteiger partial charge on any atom is -0.491 e. The van der Waals surface area contributed by atoms with Gasteiger partial charge < -0.3 is 10.1 Å². The lowest BCUT2D eigenvalue weighted by Crippen LogP contribution is -2.05. The van der Waals surface area contributed by atoms with Crippen molar-refractivity contribution in [2.45, 2.75) is 20.0 Å². The van der Waals surface area contributed by atoms with Crippen LogP contribution in [0.25, 0.3) is 0 Å². The van der Waals surface area contributed by atoms with E-state index in [0.29, 0.717) is 5.69 Å². The highest BCUT2D eigenvalue weighted by molar-refractivity contribution is 5.59. The number of ether oxygens (including phenoxy) is 1. The first-order chi connectivity index (χ1) is 9.17. The van der Waals surface area contributed by atoms with Gasteiger partial charge in [-0.25, -0.2) is 4.98 Å². The Morgan fingerprint density at radius 3 is 2.32 bits per heavy atom. The molecule has 4 heteroatoms. The first kappa shape index (κ1) is 12.9. The van der Waals surface area contributed by atoms with Crippen molar-refractivity contribution >= 4 is 11.4 Å². The molecule has 0 unspecified atom stereocenters. The van der Waals surface area contributed by atoms with Gasteiger partial charge in [-0.15, -0.1) is 0 Å². The molecule has 2 aromatic rings. The van der Waals surface area contributed by atoms with E-state index in [1.165, 1.54) is 0 Å². The summed E-state index contributed by atoms with van der Waals surface area (Å²) in [6.07, 6.45) is 1.80. The fourth-order valence-corrected chi connectivity index (χ4v) is 1.59. The lowest BCUT2D eigenvalue weighted by molar-refractivity contribution is 0.242. The van der Waals surface area contributed by atoms with Gasteiger partial charge >= 0.3 is 0 Å². The molecule has 0 bridgehead atoms. The van der Waals surface area contributed by atoms with Crippen LogP contribution in [0.15, 0.2) is 42.6 Å². The van der Waals surface area contributed by atoms with Gasteiger partial charge in [-0.05, 0) is 50.2 Å². The molecule has 0 amide bonds. The largest absolute Gasteiger partial charge is 0.491 e. The highest BCUT2D eigenvalue weighted by Crippen LogP contribution is 2.20. The molecule has 0 fully saturated rings. The van der Waals surface area contributed by atoms with Crippen molar-refractivity contribution in [2.75, 3.05) is 5.32 Å². The van der Waals surface area contributed by atoms with E-state index in [1.54, 1.807) is 12.3 Å². The number of hydrogen-bond donors (Lipinski definition) is 1. The van der Waals surface area contributed by atoms with Crippen LogP contribution in [-0.2, 0) is 0 Å². The Labute approximate surface area is 112 Å². The second-order valence-corrected chi connectivity index (χ2v) is 4.36. The molecule has 0 aliphatic heterocycles. The van der Waals surface area contributed by atoms with Gasteiger partial charge in [-0.1, -0.05) is 0 Å². The number of rotatable bonds is 4. The van der Waals surface area contributed by atoms with E-state index in [9.17, 15) is 0 Å². The molecular weight excluding hydrogens is 238 g/mol. The topological polar surface area (TPSA) is 57.9 Å². The van der Waals surface area contributed by atoms with E-state index < -0.39 is 0 Å². The summed E-state index contributed by atoms with van der Waals surface area (Å²) in [5.41, 5.74) is 2.20. The van der Waals surface area contributed by atoms with E-state index >= 15 is 0 Å². The molecule has 0 atom stereocenters. The predicted molar refractivity (Wildman–Crippen MR) is 74.4 cm³/mol. The van der Waals surface area contributed by atoms with Crippen LogP contribution in [0.3, 0.4) is 0 Å². The number of pyridine rings is 1. The minimum absolute atomic E-state index is 0.168. The van der Waals surface area contributed by atoms with Crippen molar-refractivity contribution in [3.05, 3.63) is 48.3 Å². The summed E-state index contributed by atoms with van der Waals surface area (Å²) in [7, 11) is 0. The van der Waals surface area contributed by atoms with E-state index in [2.05, 4.69) is 10.3 Å². The van der Waals surface area contributed by atoms with Crippen molar-refractivity contribution in [1.29, 1.82) is 5.26 Å². The van der Waals surface area contributed by atoms with Crippen LogP contribution < -0.4 is 10.1 Å². The van der Waals surface area contributed by atoms with Crippen molar-refractivity contribution < 1.29 is 4.74 Å². The molecule has 0 saturated carbocycles. The molecule has 0 aliphatic carbocycles. The van der Waals surface area contributed by atoms with E-state index in [0.717, 1.165) is 17.1 Å². The summed E-state index contributed by atoms with van der Waals surface area (Å²) in [5.74, 6) is 0.846. The third kappa shape index (κ3) is 3.71. The molecule has 96 valence electrons. The van der Waals surface area contributed by atoms with Gasteiger partial charge in [0, 0.05) is 5.69 Å². The molecular formula is C15H15N3O. The van der Waals surface area contributed by atoms with E-state index in [4.69, 9.17) is 10.00 Å². The molecule has 0 saturated heterocycles. The maximum absolute atomic E-state index is 8.67. The van der Waals surface area contributed by atoms with E-state index in [-0.39, 0.29) is 6.10 Å². The van der Waals surface area contributed by atoms with Gasteiger partial charge in [-0.2, -0.15) is 5.26 Å². The number of nitriles is 1. The Balaban J connectivity index is 2.04. The monoisotopic (exact) mass is 253 g/mol. The summed E-state index contributed by atoms with van der Waals surface area (Å²) in [5, 5.41) is 11.9. The first-order valence-electron chi connectivity index (χ1n) is 6.07. The van der Waals surface area contributed by atoms with Crippen molar-refractivity contribution in [3.63, 3.8) is 0 Å². The maximum atomic E-state index is 8.67. The number of anilines is 2. The smallest absolute Gasteiger partial charge is 0.140 e. The first-order valence-corrected chi connectivity index (χ1v) is 6.07. The number of nitrogens with one attached hydrogen (secondary N) is 1. The number of hydrogen-bond acceptors (Lipinski definition) is 4. The minimum atomic E-state index is 0.168. The Bertz CT molecular complexity index is 568. The van der Waals surface area contributed by atoms with Gasteiger partial charge in [0.25, 0.3) is 0 Å².